The lowest BCUT2D eigenvalue weighted by atomic mass is 9.94. The van der Waals surface area contributed by atoms with E-state index in [-0.39, 0.29) is 11.8 Å². The summed E-state index contributed by atoms with van der Waals surface area (Å²) in [6.07, 6.45) is 1.90. The van der Waals surface area contributed by atoms with E-state index in [0.29, 0.717) is 19.5 Å². The fourth-order valence-corrected chi connectivity index (χ4v) is 2.48. The topological polar surface area (TPSA) is 65.5 Å². The van der Waals surface area contributed by atoms with Gasteiger partial charge in [-0.15, -0.1) is 0 Å². The Morgan fingerprint density at radius 2 is 2.30 bits per heavy atom. The molecule has 1 fully saturated rings. The Kier molecular flexibility index (Phi) is 4.73. The maximum Gasteiger partial charge on any atom is 0.227 e. The summed E-state index contributed by atoms with van der Waals surface area (Å²) in [4.78, 5) is 18.5. The molecule has 0 radical (unpaired) electrons. The summed E-state index contributed by atoms with van der Waals surface area (Å²) in [5.74, 6) is -0.421. The van der Waals surface area contributed by atoms with Crippen LogP contribution < -0.4 is 5.32 Å². The van der Waals surface area contributed by atoms with Crippen LogP contribution in [0.2, 0.25) is 0 Å². The number of piperidine rings is 1. The van der Waals surface area contributed by atoms with Crippen LogP contribution in [0.5, 0.6) is 0 Å². The molecule has 1 amide bonds. The minimum Gasteiger partial charge on any atom is -0.392 e. The van der Waals surface area contributed by atoms with E-state index in [0.717, 1.165) is 23.4 Å². The Morgan fingerprint density at radius 3 is 3.00 bits per heavy atom. The van der Waals surface area contributed by atoms with Gasteiger partial charge in [0.05, 0.1) is 12.0 Å². The lowest BCUT2D eigenvalue weighted by molar-refractivity contribution is -0.131. The lowest BCUT2D eigenvalue weighted by Crippen LogP contribution is -2.48. The van der Waals surface area contributed by atoms with Gasteiger partial charge < -0.3 is 15.3 Å². The molecule has 5 nitrogen and oxygen atoms in total. The van der Waals surface area contributed by atoms with Gasteiger partial charge in [0.1, 0.15) is 0 Å². The van der Waals surface area contributed by atoms with E-state index in [2.05, 4.69) is 15.2 Å². The van der Waals surface area contributed by atoms with Crippen LogP contribution in [0.15, 0.2) is 12.3 Å². The number of rotatable bonds is 3. The SMILES string of the molecule is Cc1cc(CNC(=O)[C@@H]2CN(C)CC[C@H]2O)cnc1C. The van der Waals surface area contributed by atoms with Gasteiger partial charge in [0, 0.05) is 31.5 Å². The molecule has 1 aromatic rings. The van der Waals surface area contributed by atoms with Gasteiger partial charge >= 0.3 is 0 Å². The van der Waals surface area contributed by atoms with Gasteiger partial charge in [-0.05, 0) is 38.4 Å². The Hall–Kier alpha value is -1.46. The van der Waals surface area contributed by atoms with Crippen molar-refractivity contribution < 1.29 is 9.90 Å². The van der Waals surface area contributed by atoms with Crippen molar-refractivity contribution in [3.05, 3.63) is 29.1 Å². The third-order valence-electron chi connectivity index (χ3n) is 3.98. The average molecular weight is 277 g/mol. The number of hydrogen-bond acceptors (Lipinski definition) is 4. The zero-order chi connectivity index (χ0) is 14.7. The number of likely N-dealkylation sites (tertiary alicyclic amines) is 1. The van der Waals surface area contributed by atoms with Gasteiger partial charge in [0.15, 0.2) is 0 Å². The Morgan fingerprint density at radius 1 is 1.55 bits per heavy atom. The Bertz CT molecular complexity index is 490. The molecule has 20 heavy (non-hydrogen) atoms. The maximum absolute atomic E-state index is 12.2. The van der Waals surface area contributed by atoms with Gasteiger partial charge in [-0.3, -0.25) is 9.78 Å². The van der Waals surface area contributed by atoms with Gasteiger partial charge in [-0.25, -0.2) is 0 Å². The number of nitrogens with one attached hydrogen (secondary N) is 1. The van der Waals surface area contributed by atoms with Crippen molar-refractivity contribution in [3.63, 3.8) is 0 Å². The van der Waals surface area contributed by atoms with Crippen molar-refractivity contribution in [2.75, 3.05) is 20.1 Å². The molecule has 1 aliphatic rings. The fraction of sp³-hybridized carbons (Fsp3) is 0.600. The molecule has 0 unspecified atom stereocenters. The van der Waals surface area contributed by atoms with Crippen LogP contribution in [0, 0.1) is 19.8 Å². The molecule has 0 bridgehead atoms. The highest BCUT2D eigenvalue weighted by Crippen LogP contribution is 2.16. The number of carbonyl (C=O) groups is 1. The largest absolute Gasteiger partial charge is 0.392 e. The normalized spacial score (nSPS) is 23.6. The predicted molar refractivity (Wildman–Crippen MR) is 77.2 cm³/mol. The summed E-state index contributed by atoms with van der Waals surface area (Å²) in [6, 6.07) is 2.03. The number of amides is 1. The number of nitrogens with zero attached hydrogens (tertiary/aromatic N) is 2. The number of aromatic nitrogens is 1. The van der Waals surface area contributed by atoms with Gasteiger partial charge in [-0.2, -0.15) is 0 Å². The summed E-state index contributed by atoms with van der Waals surface area (Å²) in [5, 5.41) is 12.8. The highest BCUT2D eigenvalue weighted by atomic mass is 16.3. The van der Waals surface area contributed by atoms with Crippen LogP contribution in [0.3, 0.4) is 0 Å². The smallest absolute Gasteiger partial charge is 0.227 e. The molecule has 0 spiro atoms. The average Bonchev–Trinajstić information content (AvgIpc) is 2.42. The summed E-state index contributed by atoms with van der Waals surface area (Å²) in [5.41, 5.74) is 3.11. The van der Waals surface area contributed by atoms with Gasteiger partial charge in [0.25, 0.3) is 0 Å². The molecule has 1 aliphatic heterocycles. The number of carbonyl (C=O) groups excluding carboxylic acids is 1. The molecular formula is C15H23N3O2. The number of aliphatic hydroxyl groups excluding tert-OH is 1. The first-order chi connectivity index (χ1) is 9.47. The second kappa shape index (κ2) is 6.33. The van der Waals surface area contributed by atoms with E-state index in [1.807, 2.05) is 27.0 Å². The fourth-order valence-electron chi connectivity index (χ4n) is 2.48. The van der Waals surface area contributed by atoms with Gasteiger partial charge in [-0.1, -0.05) is 6.07 Å². The van der Waals surface area contributed by atoms with E-state index in [1.165, 1.54) is 0 Å². The van der Waals surface area contributed by atoms with Crippen LogP contribution in [-0.4, -0.2) is 47.1 Å². The van der Waals surface area contributed by atoms with Gasteiger partial charge in [0.2, 0.25) is 5.91 Å². The van der Waals surface area contributed by atoms with Crippen LogP contribution in [0.4, 0.5) is 0 Å². The van der Waals surface area contributed by atoms with E-state index in [9.17, 15) is 9.90 Å². The number of hydrogen-bond donors (Lipinski definition) is 2. The third kappa shape index (κ3) is 3.55. The summed E-state index contributed by atoms with van der Waals surface area (Å²) in [6.45, 7) is 5.88. The molecule has 110 valence electrons. The van der Waals surface area contributed by atoms with Crippen LogP contribution in [-0.2, 0) is 11.3 Å². The Balaban J connectivity index is 1.92. The molecule has 0 saturated carbocycles. The molecule has 2 atom stereocenters. The molecule has 1 aromatic heterocycles. The molecule has 2 heterocycles. The quantitative estimate of drug-likeness (QED) is 0.850. The first kappa shape index (κ1) is 14.9. The maximum atomic E-state index is 12.2. The van der Waals surface area contributed by atoms with Crippen molar-refractivity contribution in [1.82, 2.24) is 15.2 Å². The first-order valence-corrected chi connectivity index (χ1v) is 7.04. The zero-order valence-corrected chi connectivity index (χ0v) is 12.4. The van der Waals surface area contributed by atoms with E-state index < -0.39 is 6.10 Å². The van der Waals surface area contributed by atoms with Crippen molar-refractivity contribution >= 4 is 5.91 Å². The summed E-state index contributed by atoms with van der Waals surface area (Å²) >= 11 is 0. The van der Waals surface area contributed by atoms with Crippen molar-refractivity contribution in [2.24, 2.45) is 5.92 Å². The summed E-state index contributed by atoms with van der Waals surface area (Å²) in [7, 11) is 1.97. The van der Waals surface area contributed by atoms with Crippen LogP contribution >= 0.6 is 0 Å². The molecule has 2 rings (SSSR count). The second-order valence-electron chi connectivity index (χ2n) is 5.69. The minimum absolute atomic E-state index is 0.0812. The molecule has 1 saturated heterocycles. The van der Waals surface area contributed by atoms with Crippen molar-refractivity contribution in [1.29, 1.82) is 0 Å². The molecule has 0 aliphatic carbocycles. The number of aliphatic hydroxyl groups is 1. The highest BCUT2D eigenvalue weighted by molar-refractivity contribution is 5.79. The Labute approximate surface area is 120 Å². The highest BCUT2D eigenvalue weighted by Gasteiger charge is 2.31. The summed E-state index contributed by atoms with van der Waals surface area (Å²) < 4.78 is 0. The van der Waals surface area contributed by atoms with Crippen molar-refractivity contribution in [2.45, 2.75) is 32.9 Å². The number of pyridine rings is 1. The van der Waals surface area contributed by atoms with E-state index in [1.54, 1.807) is 6.20 Å². The van der Waals surface area contributed by atoms with Crippen LogP contribution in [0.25, 0.3) is 0 Å². The first-order valence-electron chi connectivity index (χ1n) is 7.04. The molecule has 2 N–H and O–H groups in total. The minimum atomic E-state index is -0.538. The van der Waals surface area contributed by atoms with Crippen molar-refractivity contribution in [3.8, 4) is 0 Å². The standard InChI is InChI=1S/C15H23N3O2/c1-10-6-12(7-16-11(10)2)8-17-15(20)13-9-18(3)5-4-14(13)19/h6-7,13-14,19H,4-5,8-9H2,1-3H3,(H,17,20)/t13-,14-/m1/s1. The molecular weight excluding hydrogens is 254 g/mol. The van der Waals surface area contributed by atoms with E-state index >= 15 is 0 Å². The molecule has 5 heteroatoms. The number of aryl methyl sites for hydroxylation is 2. The third-order valence-corrected chi connectivity index (χ3v) is 3.98. The van der Waals surface area contributed by atoms with Crippen LogP contribution in [0.1, 0.15) is 23.2 Å². The lowest BCUT2D eigenvalue weighted by Gasteiger charge is -2.32. The second-order valence-corrected chi connectivity index (χ2v) is 5.69. The van der Waals surface area contributed by atoms with E-state index in [4.69, 9.17) is 0 Å². The predicted octanol–water partition coefficient (Wildman–Crippen LogP) is 0.627. The monoisotopic (exact) mass is 277 g/mol. The zero-order valence-electron chi connectivity index (χ0n) is 12.4. The molecule has 0 aromatic carbocycles.